The minimum absolute atomic E-state index is 0.0490. The van der Waals surface area contributed by atoms with Crippen LogP contribution in [0.25, 0.3) is 11.5 Å². The van der Waals surface area contributed by atoms with Gasteiger partial charge in [0.05, 0.1) is 0 Å². The quantitative estimate of drug-likeness (QED) is 0.788. The van der Waals surface area contributed by atoms with E-state index < -0.39 is 0 Å². The fourth-order valence-electron chi connectivity index (χ4n) is 1.85. The molecule has 1 amide bonds. The highest BCUT2D eigenvalue weighted by molar-refractivity contribution is 5.91. The molecule has 106 valence electrons. The summed E-state index contributed by atoms with van der Waals surface area (Å²) in [7, 11) is 0. The van der Waals surface area contributed by atoms with Crippen LogP contribution in [0.2, 0.25) is 0 Å². The number of amides is 1. The monoisotopic (exact) mass is 275 g/mol. The van der Waals surface area contributed by atoms with Gasteiger partial charge in [-0.2, -0.15) is 0 Å². The first-order chi connectivity index (χ1) is 9.70. The SMILES string of the molecule is Cc1cc(-c2nnco2)ccc1NC(=O)CCCCO. The van der Waals surface area contributed by atoms with Gasteiger partial charge < -0.3 is 14.8 Å². The summed E-state index contributed by atoms with van der Waals surface area (Å²) in [5.74, 6) is 0.404. The first kappa shape index (κ1) is 14.2. The van der Waals surface area contributed by atoms with Crippen LogP contribution < -0.4 is 5.32 Å². The molecule has 1 heterocycles. The van der Waals surface area contributed by atoms with E-state index in [4.69, 9.17) is 9.52 Å². The molecule has 0 bridgehead atoms. The molecule has 0 fully saturated rings. The molecule has 0 radical (unpaired) electrons. The number of hydrogen-bond acceptors (Lipinski definition) is 5. The Bertz CT molecular complexity index is 567. The number of aryl methyl sites for hydroxylation is 1. The summed E-state index contributed by atoms with van der Waals surface area (Å²) >= 11 is 0. The minimum atomic E-state index is -0.0490. The van der Waals surface area contributed by atoms with Crippen molar-refractivity contribution >= 4 is 11.6 Å². The highest BCUT2D eigenvalue weighted by atomic mass is 16.4. The summed E-state index contributed by atoms with van der Waals surface area (Å²) in [6, 6.07) is 5.53. The van der Waals surface area contributed by atoms with E-state index in [1.54, 1.807) is 0 Å². The van der Waals surface area contributed by atoms with E-state index >= 15 is 0 Å². The third-order valence-electron chi connectivity index (χ3n) is 2.92. The smallest absolute Gasteiger partial charge is 0.247 e. The first-order valence-electron chi connectivity index (χ1n) is 6.48. The molecule has 20 heavy (non-hydrogen) atoms. The fourth-order valence-corrected chi connectivity index (χ4v) is 1.85. The Morgan fingerprint density at radius 2 is 2.25 bits per heavy atom. The number of carbonyl (C=O) groups excluding carboxylic acids is 1. The number of carbonyl (C=O) groups is 1. The molecular formula is C14H17N3O3. The molecule has 0 unspecified atom stereocenters. The zero-order valence-corrected chi connectivity index (χ0v) is 11.3. The lowest BCUT2D eigenvalue weighted by molar-refractivity contribution is -0.116. The van der Waals surface area contributed by atoms with Gasteiger partial charge in [0.2, 0.25) is 18.2 Å². The molecule has 1 aromatic carbocycles. The molecule has 6 nitrogen and oxygen atoms in total. The molecule has 0 aliphatic carbocycles. The van der Waals surface area contributed by atoms with Crippen LogP contribution in [0.1, 0.15) is 24.8 Å². The third-order valence-corrected chi connectivity index (χ3v) is 2.92. The van der Waals surface area contributed by atoms with Crippen LogP contribution in [-0.4, -0.2) is 27.8 Å². The predicted octanol–water partition coefficient (Wildman–Crippen LogP) is 2.15. The largest absolute Gasteiger partial charge is 0.423 e. The zero-order valence-electron chi connectivity index (χ0n) is 11.3. The van der Waals surface area contributed by atoms with Gasteiger partial charge in [-0.25, -0.2) is 0 Å². The van der Waals surface area contributed by atoms with Crippen molar-refractivity contribution in [2.75, 3.05) is 11.9 Å². The maximum absolute atomic E-state index is 11.7. The number of hydrogen-bond donors (Lipinski definition) is 2. The minimum Gasteiger partial charge on any atom is -0.423 e. The number of aromatic nitrogens is 2. The average Bonchev–Trinajstić information content (AvgIpc) is 2.95. The van der Waals surface area contributed by atoms with Crippen molar-refractivity contribution in [2.45, 2.75) is 26.2 Å². The van der Waals surface area contributed by atoms with Crippen molar-refractivity contribution in [1.82, 2.24) is 10.2 Å². The Morgan fingerprint density at radius 1 is 1.40 bits per heavy atom. The van der Waals surface area contributed by atoms with Gasteiger partial charge in [-0.05, 0) is 43.5 Å². The van der Waals surface area contributed by atoms with E-state index in [2.05, 4.69) is 15.5 Å². The molecular weight excluding hydrogens is 258 g/mol. The van der Waals surface area contributed by atoms with E-state index in [0.717, 1.165) is 16.8 Å². The van der Waals surface area contributed by atoms with Crippen LogP contribution in [0.15, 0.2) is 29.0 Å². The standard InChI is InChI=1S/C14H17N3O3/c1-10-8-11(14-17-15-9-20-14)5-6-12(10)16-13(19)4-2-3-7-18/h5-6,8-9,18H,2-4,7H2,1H3,(H,16,19). The highest BCUT2D eigenvalue weighted by Gasteiger charge is 2.08. The van der Waals surface area contributed by atoms with Gasteiger partial charge >= 0.3 is 0 Å². The van der Waals surface area contributed by atoms with Gasteiger partial charge in [-0.3, -0.25) is 4.79 Å². The summed E-state index contributed by atoms with van der Waals surface area (Å²) in [5.41, 5.74) is 2.51. The Labute approximate surface area is 116 Å². The third kappa shape index (κ3) is 3.64. The van der Waals surface area contributed by atoms with E-state index in [9.17, 15) is 4.79 Å². The van der Waals surface area contributed by atoms with Crippen molar-refractivity contribution in [1.29, 1.82) is 0 Å². The van der Waals surface area contributed by atoms with Crippen molar-refractivity contribution in [2.24, 2.45) is 0 Å². The van der Waals surface area contributed by atoms with Gasteiger partial charge in [0.15, 0.2) is 0 Å². The number of unbranched alkanes of at least 4 members (excludes halogenated alkanes) is 1. The molecule has 2 N–H and O–H groups in total. The second kappa shape index (κ2) is 6.81. The molecule has 2 rings (SSSR count). The maximum Gasteiger partial charge on any atom is 0.247 e. The van der Waals surface area contributed by atoms with Crippen LogP contribution in [0.4, 0.5) is 5.69 Å². The van der Waals surface area contributed by atoms with Crippen LogP contribution in [0.5, 0.6) is 0 Å². The lowest BCUT2D eigenvalue weighted by Gasteiger charge is -2.09. The van der Waals surface area contributed by atoms with Gasteiger partial charge in [-0.15, -0.1) is 10.2 Å². The summed E-state index contributed by atoms with van der Waals surface area (Å²) < 4.78 is 5.13. The average molecular weight is 275 g/mol. The summed E-state index contributed by atoms with van der Waals surface area (Å²) in [6.07, 6.45) is 3.01. The molecule has 2 aromatic rings. The maximum atomic E-state index is 11.7. The second-order valence-corrected chi connectivity index (χ2v) is 4.50. The van der Waals surface area contributed by atoms with Crippen molar-refractivity contribution < 1.29 is 14.3 Å². The normalized spacial score (nSPS) is 10.5. The number of nitrogens with zero attached hydrogens (tertiary/aromatic N) is 2. The van der Waals surface area contributed by atoms with Crippen LogP contribution in [0, 0.1) is 6.92 Å². The lowest BCUT2D eigenvalue weighted by Crippen LogP contribution is -2.12. The Kier molecular flexibility index (Phi) is 4.84. The predicted molar refractivity (Wildman–Crippen MR) is 74.0 cm³/mol. The van der Waals surface area contributed by atoms with E-state index in [1.807, 2.05) is 25.1 Å². The summed E-state index contributed by atoms with van der Waals surface area (Å²) in [5, 5.41) is 19.0. The highest BCUT2D eigenvalue weighted by Crippen LogP contribution is 2.23. The number of benzene rings is 1. The Hall–Kier alpha value is -2.21. The van der Waals surface area contributed by atoms with E-state index in [1.165, 1.54) is 6.39 Å². The fraction of sp³-hybridized carbons (Fsp3) is 0.357. The Balaban J connectivity index is 2.01. The number of anilines is 1. The van der Waals surface area contributed by atoms with Crippen molar-refractivity contribution in [3.05, 3.63) is 30.2 Å². The number of aliphatic hydroxyl groups is 1. The van der Waals surface area contributed by atoms with Gasteiger partial charge in [0, 0.05) is 24.3 Å². The summed E-state index contributed by atoms with van der Waals surface area (Å²) in [6.45, 7) is 2.02. The molecule has 0 aliphatic heterocycles. The molecule has 0 saturated heterocycles. The molecule has 0 spiro atoms. The lowest BCUT2D eigenvalue weighted by atomic mass is 10.1. The molecule has 0 saturated carbocycles. The van der Waals surface area contributed by atoms with Gasteiger partial charge in [0.25, 0.3) is 0 Å². The second-order valence-electron chi connectivity index (χ2n) is 4.50. The molecule has 0 aliphatic rings. The van der Waals surface area contributed by atoms with Crippen LogP contribution >= 0.6 is 0 Å². The molecule has 6 heteroatoms. The number of rotatable bonds is 6. The number of aliphatic hydroxyl groups excluding tert-OH is 1. The number of nitrogens with one attached hydrogen (secondary N) is 1. The van der Waals surface area contributed by atoms with Crippen LogP contribution in [0.3, 0.4) is 0 Å². The van der Waals surface area contributed by atoms with Crippen molar-refractivity contribution in [3.8, 4) is 11.5 Å². The van der Waals surface area contributed by atoms with Gasteiger partial charge in [-0.1, -0.05) is 0 Å². The first-order valence-corrected chi connectivity index (χ1v) is 6.48. The topological polar surface area (TPSA) is 88.3 Å². The van der Waals surface area contributed by atoms with Crippen molar-refractivity contribution in [3.63, 3.8) is 0 Å². The molecule has 0 atom stereocenters. The van der Waals surface area contributed by atoms with E-state index in [-0.39, 0.29) is 12.5 Å². The van der Waals surface area contributed by atoms with Gasteiger partial charge in [0.1, 0.15) is 0 Å². The van der Waals surface area contributed by atoms with Crippen LogP contribution in [-0.2, 0) is 4.79 Å². The summed E-state index contributed by atoms with van der Waals surface area (Å²) in [4.78, 5) is 11.7. The zero-order chi connectivity index (χ0) is 14.4. The Morgan fingerprint density at radius 3 is 2.90 bits per heavy atom. The van der Waals surface area contributed by atoms with E-state index in [0.29, 0.717) is 25.2 Å². The molecule has 1 aromatic heterocycles.